The molecular formula is C17H19ClN4O3. The van der Waals surface area contributed by atoms with Crippen molar-refractivity contribution < 1.29 is 14.3 Å². The van der Waals surface area contributed by atoms with Gasteiger partial charge in [-0.25, -0.2) is 4.79 Å². The molecule has 132 valence electrons. The van der Waals surface area contributed by atoms with E-state index in [1.807, 2.05) is 0 Å². The van der Waals surface area contributed by atoms with Gasteiger partial charge >= 0.3 is 6.03 Å². The highest BCUT2D eigenvalue weighted by Crippen LogP contribution is 2.23. The molecule has 0 aromatic heterocycles. The standard InChI is InChI=1S/C17H19ClN4O3/c1-25-13-5-6-14(16(23)20-8-7-19)15(10-13)22-17(24)21-12-4-2-3-11(18)9-12/h2-6,9-10H,7-8,19H2,1H3,(H,20,23)(H2,21,22,24). The molecule has 3 amide bonds. The van der Waals surface area contributed by atoms with Gasteiger partial charge in [0.05, 0.1) is 18.4 Å². The molecule has 0 radical (unpaired) electrons. The molecule has 2 rings (SSSR count). The van der Waals surface area contributed by atoms with Crippen LogP contribution < -0.4 is 26.4 Å². The van der Waals surface area contributed by atoms with Crippen molar-refractivity contribution in [2.75, 3.05) is 30.8 Å². The Hall–Kier alpha value is -2.77. The number of anilines is 2. The van der Waals surface area contributed by atoms with Crippen LogP contribution in [0.2, 0.25) is 5.02 Å². The van der Waals surface area contributed by atoms with Gasteiger partial charge in [0.1, 0.15) is 5.75 Å². The number of amides is 3. The fourth-order valence-corrected chi connectivity index (χ4v) is 2.27. The summed E-state index contributed by atoms with van der Waals surface area (Å²) in [6.07, 6.45) is 0. The number of hydrogen-bond acceptors (Lipinski definition) is 4. The van der Waals surface area contributed by atoms with E-state index in [2.05, 4.69) is 16.0 Å². The van der Waals surface area contributed by atoms with Crippen LogP contribution in [0.5, 0.6) is 5.75 Å². The third kappa shape index (κ3) is 5.37. The number of methoxy groups -OCH3 is 1. The lowest BCUT2D eigenvalue weighted by Crippen LogP contribution is -2.30. The van der Waals surface area contributed by atoms with Crippen molar-refractivity contribution in [2.24, 2.45) is 5.73 Å². The van der Waals surface area contributed by atoms with Crippen LogP contribution in [0.15, 0.2) is 42.5 Å². The predicted octanol–water partition coefficient (Wildman–Crippen LogP) is 2.68. The van der Waals surface area contributed by atoms with Crippen LogP contribution >= 0.6 is 11.6 Å². The zero-order valence-electron chi connectivity index (χ0n) is 13.6. The summed E-state index contributed by atoms with van der Waals surface area (Å²) in [6.45, 7) is 0.652. The number of benzene rings is 2. The van der Waals surface area contributed by atoms with Gasteiger partial charge in [-0.1, -0.05) is 17.7 Å². The summed E-state index contributed by atoms with van der Waals surface area (Å²) in [5.74, 6) is 0.166. The monoisotopic (exact) mass is 362 g/mol. The quantitative estimate of drug-likeness (QED) is 0.634. The highest BCUT2D eigenvalue weighted by molar-refractivity contribution is 6.30. The maximum atomic E-state index is 12.2. The van der Waals surface area contributed by atoms with Gasteiger partial charge in [0.2, 0.25) is 0 Å². The Balaban J connectivity index is 2.18. The van der Waals surface area contributed by atoms with Crippen molar-refractivity contribution in [3.63, 3.8) is 0 Å². The highest BCUT2D eigenvalue weighted by Gasteiger charge is 2.14. The van der Waals surface area contributed by atoms with Crippen molar-refractivity contribution in [1.29, 1.82) is 0 Å². The van der Waals surface area contributed by atoms with E-state index in [4.69, 9.17) is 22.1 Å². The number of carbonyl (C=O) groups is 2. The van der Waals surface area contributed by atoms with Crippen LogP contribution in [0.3, 0.4) is 0 Å². The molecule has 0 heterocycles. The third-order valence-electron chi connectivity index (χ3n) is 3.23. The second-order valence-electron chi connectivity index (χ2n) is 5.05. The van der Waals surface area contributed by atoms with Gasteiger partial charge in [-0.2, -0.15) is 0 Å². The Bertz CT molecular complexity index is 767. The zero-order valence-corrected chi connectivity index (χ0v) is 14.4. The van der Waals surface area contributed by atoms with E-state index in [9.17, 15) is 9.59 Å². The molecule has 0 aliphatic rings. The van der Waals surface area contributed by atoms with Crippen molar-refractivity contribution in [2.45, 2.75) is 0 Å². The molecule has 2 aromatic carbocycles. The second-order valence-corrected chi connectivity index (χ2v) is 5.48. The summed E-state index contributed by atoms with van der Waals surface area (Å²) in [4.78, 5) is 24.4. The van der Waals surface area contributed by atoms with E-state index in [0.29, 0.717) is 40.8 Å². The van der Waals surface area contributed by atoms with Gasteiger partial charge in [0, 0.05) is 29.9 Å². The molecule has 7 nitrogen and oxygen atoms in total. The summed E-state index contributed by atoms with van der Waals surface area (Å²) in [5, 5.41) is 8.46. The smallest absolute Gasteiger partial charge is 0.323 e. The zero-order chi connectivity index (χ0) is 18.2. The first-order valence-electron chi connectivity index (χ1n) is 7.53. The van der Waals surface area contributed by atoms with Crippen molar-refractivity contribution in [3.05, 3.63) is 53.1 Å². The predicted molar refractivity (Wildman–Crippen MR) is 98.5 cm³/mol. The first-order chi connectivity index (χ1) is 12.0. The number of ether oxygens (including phenoxy) is 1. The number of urea groups is 1. The summed E-state index contributed by atoms with van der Waals surface area (Å²) in [6, 6.07) is 11.0. The van der Waals surface area contributed by atoms with Crippen LogP contribution in [0.25, 0.3) is 0 Å². The maximum Gasteiger partial charge on any atom is 0.323 e. The fraction of sp³-hybridized carbons (Fsp3) is 0.176. The Kier molecular flexibility index (Phi) is 6.62. The van der Waals surface area contributed by atoms with E-state index < -0.39 is 6.03 Å². The molecule has 0 atom stereocenters. The fourth-order valence-electron chi connectivity index (χ4n) is 2.08. The average Bonchev–Trinajstić information content (AvgIpc) is 2.59. The Morgan fingerprint density at radius 3 is 2.64 bits per heavy atom. The number of rotatable bonds is 6. The highest BCUT2D eigenvalue weighted by atomic mass is 35.5. The lowest BCUT2D eigenvalue weighted by molar-refractivity contribution is 0.0955. The third-order valence-corrected chi connectivity index (χ3v) is 3.47. The number of nitrogens with one attached hydrogen (secondary N) is 3. The number of carbonyl (C=O) groups excluding carboxylic acids is 2. The van der Waals surface area contributed by atoms with Crippen LogP contribution in [0.1, 0.15) is 10.4 Å². The first-order valence-corrected chi connectivity index (χ1v) is 7.91. The molecule has 0 aliphatic carbocycles. The van der Waals surface area contributed by atoms with Gasteiger partial charge in [-0.3, -0.25) is 4.79 Å². The first kappa shape index (κ1) is 18.6. The summed E-state index contributed by atoms with van der Waals surface area (Å²) >= 11 is 5.89. The molecule has 0 aliphatic heterocycles. The maximum absolute atomic E-state index is 12.2. The minimum atomic E-state index is -0.511. The van der Waals surface area contributed by atoms with Crippen molar-refractivity contribution in [1.82, 2.24) is 5.32 Å². The topological polar surface area (TPSA) is 105 Å². The molecule has 0 saturated heterocycles. The molecule has 0 saturated carbocycles. The van der Waals surface area contributed by atoms with E-state index in [0.717, 1.165) is 0 Å². The molecule has 0 bridgehead atoms. The second kappa shape index (κ2) is 8.91. The van der Waals surface area contributed by atoms with Gasteiger partial charge in [-0.15, -0.1) is 0 Å². The van der Waals surface area contributed by atoms with Crippen LogP contribution in [-0.2, 0) is 0 Å². The number of halogens is 1. The molecule has 8 heteroatoms. The van der Waals surface area contributed by atoms with E-state index in [1.165, 1.54) is 7.11 Å². The SMILES string of the molecule is COc1ccc(C(=O)NCCN)c(NC(=O)Nc2cccc(Cl)c2)c1. The Morgan fingerprint density at radius 2 is 1.96 bits per heavy atom. The van der Waals surface area contributed by atoms with Gasteiger partial charge < -0.3 is 26.4 Å². The van der Waals surface area contributed by atoms with E-state index in [-0.39, 0.29) is 5.91 Å². The van der Waals surface area contributed by atoms with E-state index in [1.54, 1.807) is 42.5 Å². The lowest BCUT2D eigenvalue weighted by Gasteiger charge is -2.13. The van der Waals surface area contributed by atoms with Crippen molar-refractivity contribution >= 4 is 34.9 Å². The summed E-state index contributed by atoms with van der Waals surface area (Å²) < 4.78 is 5.15. The summed E-state index contributed by atoms with van der Waals surface area (Å²) in [7, 11) is 1.50. The average molecular weight is 363 g/mol. The van der Waals surface area contributed by atoms with Crippen LogP contribution in [-0.4, -0.2) is 32.1 Å². The Labute approximate surface area is 150 Å². The largest absolute Gasteiger partial charge is 0.497 e. The minimum Gasteiger partial charge on any atom is -0.497 e. The Morgan fingerprint density at radius 1 is 1.16 bits per heavy atom. The molecule has 0 spiro atoms. The van der Waals surface area contributed by atoms with E-state index >= 15 is 0 Å². The molecule has 5 N–H and O–H groups in total. The molecule has 25 heavy (non-hydrogen) atoms. The minimum absolute atomic E-state index is 0.301. The number of hydrogen-bond donors (Lipinski definition) is 4. The molecule has 0 unspecified atom stereocenters. The molecule has 2 aromatic rings. The van der Waals surface area contributed by atoms with Crippen molar-refractivity contribution in [3.8, 4) is 5.75 Å². The normalized spacial score (nSPS) is 10.0. The van der Waals surface area contributed by atoms with Gasteiger partial charge in [-0.05, 0) is 30.3 Å². The number of nitrogens with two attached hydrogens (primary N) is 1. The molecular weight excluding hydrogens is 344 g/mol. The van der Waals surface area contributed by atoms with Crippen LogP contribution in [0.4, 0.5) is 16.2 Å². The van der Waals surface area contributed by atoms with Gasteiger partial charge in [0.25, 0.3) is 5.91 Å². The molecule has 0 fully saturated rings. The lowest BCUT2D eigenvalue weighted by atomic mass is 10.1. The van der Waals surface area contributed by atoms with Gasteiger partial charge in [0.15, 0.2) is 0 Å². The summed E-state index contributed by atoms with van der Waals surface area (Å²) in [5.41, 5.74) is 6.54. The van der Waals surface area contributed by atoms with Crippen LogP contribution in [0, 0.1) is 0 Å².